The van der Waals surface area contributed by atoms with Gasteiger partial charge in [0.1, 0.15) is 5.15 Å². The van der Waals surface area contributed by atoms with Crippen LogP contribution in [0.3, 0.4) is 0 Å². The Labute approximate surface area is 104 Å². The van der Waals surface area contributed by atoms with Crippen LogP contribution in [0.15, 0.2) is 4.79 Å². The molecule has 0 radical (unpaired) electrons. The zero-order valence-electron chi connectivity index (χ0n) is 9.17. The van der Waals surface area contributed by atoms with Gasteiger partial charge in [-0.05, 0) is 19.8 Å². The first-order valence-corrected chi connectivity index (χ1v) is 6.31. The van der Waals surface area contributed by atoms with E-state index >= 15 is 0 Å². The van der Waals surface area contributed by atoms with Crippen LogP contribution in [0.5, 0.6) is 0 Å². The van der Waals surface area contributed by atoms with E-state index in [0.717, 1.165) is 31.4 Å². The molecule has 0 aromatic carbocycles. The van der Waals surface area contributed by atoms with Gasteiger partial charge in [-0.1, -0.05) is 42.5 Å². The van der Waals surface area contributed by atoms with E-state index in [1.807, 2.05) is 6.92 Å². The predicted molar refractivity (Wildman–Crippen MR) is 65.4 cm³/mol. The monoisotopic (exact) mass is 260 g/mol. The van der Waals surface area contributed by atoms with E-state index in [2.05, 4.69) is 4.98 Å². The quantitative estimate of drug-likeness (QED) is 0.776. The van der Waals surface area contributed by atoms with Crippen LogP contribution in [0, 0.1) is 6.92 Å². The van der Waals surface area contributed by atoms with Crippen molar-refractivity contribution in [3.05, 3.63) is 26.4 Å². The SMILES string of the molecule is Cc1c(Cl)nc(Cl)c(=O)n1C1CCCCC1. The molecule has 1 aliphatic carbocycles. The molecule has 0 spiro atoms. The highest BCUT2D eigenvalue weighted by Crippen LogP contribution is 2.29. The molecule has 0 saturated heterocycles. The fourth-order valence-corrected chi connectivity index (χ4v) is 2.74. The molecule has 0 amide bonds. The van der Waals surface area contributed by atoms with Gasteiger partial charge in [0, 0.05) is 6.04 Å². The molecule has 0 unspecified atom stereocenters. The molecule has 1 aliphatic rings. The maximum atomic E-state index is 12.0. The standard InChI is InChI=1S/C11H14Cl2N2O/c1-7-9(12)14-10(13)11(16)15(7)8-5-3-2-4-6-8/h8H,2-6H2,1H3. The molecule has 16 heavy (non-hydrogen) atoms. The number of hydrogen-bond acceptors (Lipinski definition) is 2. The maximum Gasteiger partial charge on any atom is 0.288 e. The fraction of sp³-hybridized carbons (Fsp3) is 0.636. The van der Waals surface area contributed by atoms with Gasteiger partial charge in [-0.25, -0.2) is 4.98 Å². The van der Waals surface area contributed by atoms with Crippen molar-refractivity contribution in [2.45, 2.75) is 45.1 Å². The third-order valence-electron chi connectivity index (χ3n) is 3.19. The zero-order chi connectivity index (χ0) is 11.7. The molecule has 5 heteroatoms. The number of nitrogens with zero attached hydrogens (tertiary/aromatic N) is 2. The molecule has 1 heterocycles. The Kier molecular flexibility index (Phi) is 3.55. The summed E-state index contributed by atoms with van der Waals surface area (Å²) in [6.45, 7) is 1.82. The van der Waals surface area contributed by atoms with Crippen LogP contribution in [-0.4, -0.2) is 9.55 Å². The van der Waals surface area contributed by atoms with Gasteiger partial charge in [-0.2, -0.15) is 0 Å². The molecule has 88 valence electrons. The van der Waals surface area contributed by atoms with Crippen molar-refractivity contribution in [3.63, 3.8) is 0 Å². The van der Waals surface area contributed by atoms with Crippen LogP contribution in [0.2, 0.25) is 10.3 Å². The minimum Gasteiger partial charge on any atom is -0.304 e. The van der Waals surface area contributed by atoms with Crippen molar-refractivity contribution >= 4 is 23.2 Å². The van der Waals surface area contributed by atoms with Crippen LogP contribution >= 0.6 is 23.2 Å². The van der Waals surface area contributed by atoms with Gasteiger partial charge in [-0.3, -0.25) is 4.79 Å². The summed E-state index contributed by atoms with van der Waals surface area (Å²) in [6, 6.07) is 0.235. The van der Waals surface area contributed by atoms with Crippen molar-refractivity contribution < 1.29 is 0 Å². The van der Waals surface area contributed by atoms with Gasteiger partial charge < -0.3 is 4.57 Å². The predicted octanol–water partition coefficient (Wildman–Crippen LogP) is 3.36. The molecule has 1 saturated carbocycles. The molecule has 1 aromatic rings. The van der Waals surface area contributed by atoms with Crippen LogP contribution < -0.4 is 5.56 Å². The van der Waals surface area contributed by atoms with Crippen molar-refractivity contribution in [1.82, 2.24) is 9.55 Å². The van der Waals surface area contributed by atoms with Gasteiger partial charge in [-0.15, -0.1) is 0 Å². The first-order chi connectivity index (χ1) is 7.61. The lowest BCUT2D eigenvalue weighted by molar-refractivity contribution is 0.340. The Morgan fingerprint density at radius 1 is 1.19 bits per heavy atom. The van der Waals surface area contributed by atoms with Crippen molar-refractivity contribution in [3.8, 4) is 0 Å². The van der Waals surface area contributed by atoms with Crippen LogP contribution in [0.4, 0.5) is 0 Å². The molecule has 3 nitrogen and oxygen atoms in total. The Hall–Kier alpha value is -0.540. The Morgan fingerprint density at radius 2 is 1.81 bits per heavy atom. The second-order valence-electron chi connectivity index (χ2n) is 4.25. The highest BCUT2D eigenvalue weighted by Gasteiger charge is 2.21. The topological polar surface area (TPSA) is 34.9 Å². The molecule has 0 atom stereocenters. The molecule has 2 rings (SSSR count). The fourth-order valence-electron chi connectivity index (χ4n) is 2.34. The summed E-state index contributed by atoms with van der Waals surface area (Å²) in [5.41, 5.74) is 0.512. The molecule has 1 aromatic heterocycles. The van der Waals surface area contributed by atoms with E-state index in [-0.39, 0.29) is 16.8 Å². The molecule has 0 bridgehead atoms. The van der Waals surface area contributed by atoms with Crippen molar-refractivity contribution in [1.29, 1.82) is 0 Å². The van der Waals surface area contributed by atoms with E-state index in [1.54, 1.807) is 4.57 Å². The van der Waals surface area contributed by atoms with E-state index in [4.69, 9.17) is 23.2 Å². The lowest BCUT2D eigenvalue weighted by Crippen LogP contribution is -2.29. The average Bonchev–Trinajstić information content (AvgIpc) is 2.28. The van der Waals surface area contributed by atoms with Gasteiger partial charge in [0.05, 0.1) is 5.69 Å². The first kappa shape index (κ1) is 11.9. The normalized spacial score (nSPS) is 17.7. The minimum absolute atomic E-state index is 0.0267. The first-order valence-electron chi connectivity index (χ1n) is 5.55. The van der Waals surface area contributed by atoms with E-state index in [1.165, 1.54) is 6.42 Å². The number of aromatic nitrogens is 2. The third-order valence-corrected chi connectivity index (χ3v) is 3.80. The number of rotatable bonds is 1. The smallest absolute Gasteiger partial charge is 0.288 e. The maximum absolute atomic E-state index is 12.0. The summed E-state index contributed by atoms with van der Waals surface area (Å²) < 4.78 is 1.72. The molecule has 1 fully saturated rings. The largest absolute Gasteiger partial charge is 0.304 e. The highest BCUT2D eigenvalue weighted by molar-refractivity contribution is 6.32. The van der Waals surface area contributed by atoms with Crippen molar-refractivity contribution in [2.24, 2.45) is 0 Å². The van der Waals surface area contributed by atoms with E-state index < -0.39 is 0 Å². The van der Waals surface area contributed by atoms with Gasteiger partial charge in [0.25, 0.3) is 5.56 Å². The van der Waals surface area contributed by atoms with Gasteiger partial charge >= 0.3 is 0 Å². The second kappa shape index (κ2) is 4.76. The molecule has 0 N–H and O–H groups in total. The van der Waals surface area contributed by atoms with E-state index in [9.17, 15) is 4.79 Å². The summed E-state index contributed by atoms with van der Waals surface area (Å²) in [5, 5.41) is 0.302. The second-order valence-corrected chi connectivity index (χ2v) is 4.96. The number of halogens is 2. The summed E-state index contributed by atoms with van der Waals surface area (Å²) in [4.78, 5) is 15.8. The van der Waals surface area contributed by atoms with E-state index in [0.29, 0.717) is 5.15 Å². The summed E-state index contributed by atoms with van der Waals surface area (Å²) in [6.07, 6.45) is 5.62. The summed E-state index contributed by atoms with van der Waals surface area (Å²) in [7, 11) is 0. The number of hydrogen-bond donors (Lipinski definition) is 0. The lowest BCUT2D eigenvalue weighted by Gasteiger charge is -2.26. The van der Waals surface area contributed by atoms with Crippen molar-refractivity contribution in [2.75, 3.05) is 0 Å². The Balaban J connectivity index is 2.49. The lowest BCUT2D eigenvalue weighted by atomic mass is 9.95. The molecular formula is C11H14Cl2N2O. The Bertz CT molecular complexity index is 450. The third kappa shape index (κ3) is 2.11. The summed E-state index contributed by atoms with van der Waals surface area (Å²) in [5.74, 6) is 0. The minimum atomic E-state index is -0.213. The Morgan fingerprint density at radius 3 is 2.44 bits per heavy atom. The highest BCUT2D eigenvalue weighted by atomic mass is 35.5. The van der Waals surface area contributed by atoms with Crippen LogP contribution in [-0.2, 0) is 0 Å². The van der Waals surface area contributed by atoms with Gasteiger partial charge in [0.15, 0.2) is 5.15 Å². The zero-order valence-corrected chi connectivity index (χ0v) is 10.7. The molecular weight excluding hydrogens is 247 g/mol. The van der Waals surface area contributed by atoms with Crippen LogP contribution in [0.1, 0.15) is 43.8 Å². The molecule has 0 aliphatic heterocycles. The summed E-state index contributed by atoms with van der Waals surface area (Å²) >= 11 is 11.7. The average molecular weight is 261 g/mol. The van der Waals surface area contributed by atoms with Gasteiger partial charge in [0.2, 0.25) is 0 Å². The van der Waals surface area contributed by atoms with Crippen LogP contribution in [0.25, 0.3) is 0 Å².